The maximum atomic E-state index is 11.3. The van der Waals surface area contributed by atoms with Gasteiger partial charge in [0, 0.05) is 5.25 Å². The van der Waals surface area contributed by atoms with E-state index in [0.717, 1.165) is 19.3 Å². The quantitative estimate of drug-likeness (QED) is 0.269. The summed E-state index contributed by atoms with van der Waals surface area (Å²) >= 11 is 0. The van der Waals surface area contributed by atoms with Crippen molar-refractivity contribution in [3.63, 3.8) is 0 Å². The predicted octanol–water partition coefficient (Wildman–Crippen LogP) is 1.62. The van der Waals surface area contributed by atoms with Crippen molar-refractivity contribution in [2.75, 3.05) is 0 Å². The molecule has 0 saturated heterocycles. The van der Waals surface area contributed by atoms with E-state index in [-0.39, 0.29) is 35.5 Å². The topological polar surface area (TPSA) is 77.4 Å². The van der Waals surface area contributed by atoms with Crippen LogP contribution in [0.4, 0.5) is 0 Å². The third kappa shape index (κ3) is 14.1. The van der Waals surface area contributed by atoms with E-state index in [2.05, 4.69) is 6.92 Å². The Bertz CT molecular complexity index is 371. The second-order valence-corrected chi connectivity index (χ2v) is 8.56. The molecule has 0 saturated carbocycles. The van der Waals surface area contributed by atoms with Crippen molar-refractivity contribution in [3.8, 4) is 0 Å². The zero-order valence-electron chi connectivity index (χ0n) is 16.3. The molecule has 24 heavy (non-hydrogen) atoms. The second kappa shape index (κ2) is 16.1. The SMILES string of the molecule is CCCCCCCCCCC(CC(CCC)S(=O)(=O)[O-])C(C)O.[Na+]. The summed E-state index contributed by atoms with van der Waals surface area (Å²) in [6.07, 6.45) is 11.4. The molecule has 0 aliphatic rings. The molecule has 4 nitrogen and oxygen atoms in total. The van der Waals surface area contributed by atoms with Crippen molar-refractivity contribution in [2.24, 2.45) is 5.92 Å². The molecule has 3 unspecified atom stereocenters. The van der Waals surface area contributed by atoms with Crippen LogP contribution in [-0.4, -0.2) is 29.4 Å². The molecule has 0 aliphatic carbocycles. The Balaban J connectivity index is 0. The molecule has 0 fully saturated rings. The summed E-state index contributed by atoms with van der Waals surface area (Å²) in [6, 6.07) is 0. The number of unbranched alkanes of at least 4 members (excludes halogenated alkanes) is 7. The van der Waals surface area contributed by atoms with Crippen molar-refractivity contribution in [1.29, 1.82) is 0 Å². The zero-order chi connectivity index (χ0) is 17.7. The minimum atomic E-state index is -4.26. The van der Waals surface area contributed by atoms with Gasteiger partial charge in [0.05, 0.1) is 16.2 Å². The molecule has 0 radical (unpaired) electrons. The molecule has 140 valence electrons. The fourth-order valence-corrected chi connectivity index (χ4v) is 4.14. The van der Waals surface area contributed by atoms with Crippen LogP contribution in [0.1, 0.15) is 97.8 Å². The number of aliphatic hydroxyl groups excluding tert-OH is 1. The van der Waals surface area contributed by atoms with E-state index in [1.54, 1.807) is 6.92 Å². The normalized spacial score (nSPS) is 15.5. The third-order valence-electron chi connectivity index (χ3n) is 4.70. The van der Waals surface area contributed by atoms with Gasteiger partial charge < -0.3 is 9.66 Å². The monoisotopic (exact) mass is 372 g/mol. The largest absolute Gasteiger partial charge is 1.00 e. The summed E-state index contributed by atoms with van der Waals surface area (Å²) in [5.41, 5.74) is 0. The Morgan fingerprint density at radius 3 is 1.79 bits per heavy atom. The van der Waals surface area contributed by atoms with Crippen molar-refractivity contribution in [1.82, 2.24) is 0 Å². The summed E-state index contributed by atoms with van der Waals surface area (Å²) in [4.78, 5) is 0. The van der Waals surface area contributed by atoms with E-state index in [1.165, 1.54) is 38.5 Å². The third-order valence-corrected chi connectivity index (χ3v) is 5.94. The first-order valence-corrected chi connectivity index (χ1v) is 10.9. The molecule has 0 aliphatic heterocycles. The fourth-order valence-electron chi connectivity index (χ4n) is 3.14. The minimum Gasteiger partial charge on any atom is -0.748 e. The average Bonchev–Trinajstić information content (AvgIpc) is 2.46. The summed E-state index contributed by atoms with van der Waals surface area (Å²) < 4.78 is 34.0. The summed E-state index contributed by atoms with van der Waals surface area (Å²) in [6.45, 7) is 5.80. The Labute approximate surface area is 172 Å². The van der Waals surface area contributed by atoms with Gasteiger partial charge in [0.1, 0.15) is 0 Å². The average molecular weight is 373 g/mol. The van der Waals surface area contributed by atoms with Crippen LogP contribution in [0, 0.1) is 5.92 Å². The Kier molecular flexibility index (Phi) is 18.1. The molecule has 0 aromatic rings. The molecule has 0 rings (SSSR count). The van der Waals surface area contributed by atoms with Crippen LogP contribution >= 0.6 is 0 Å². The van der Waals surface area contributed by atoms with Gasteiger partial charge in [0.2, 0.25) is 0 Å². The molecule has 0 amide bonds. The van der Waals surface area contributed by atoms with Crippen LogP contribution < -0.4 is 29.6 Å². The van der Waals surface area contributed by atoms with Gasteiger partial charge in [-0.15, -0.1) is 0 Å². The molecule has 6 heteroatoms. The first-order valence-electron chi connectivity index (χ1n) is 9.45. The van der Waals surface area contributed by atoms with Gasteiger partial charge in [-0.3, -0.25) is 0 Å². The van der Waals surface area contributed by atoms with Gasteiger partial charge in [-0.2, -0.15) is 0 Å². The Hall–Kier alpha value is 0.870. The molecule has 0 spiro atoms. The molecule has 0 heterocycles. The smallest absolute Gasteiger partial charge is 0.748 e. The van der Waals surface area contributed by atoms with Gasteiger partial charge in [-0.1, -0.05) is 71.6 Å². The maximum absolute atomic E-state index is 11.3. The standard InChI is InChI=1S/C18H38O4S.Na/c1-4-6-7-8-9-10-11-12-14-17(16(3)19)15-18(13-5-2)23(20,21)22;/h16-19H,4-15H2,1-3H3,(H,20,21,22);/q;+1/p-1. The van der Waals surface area contributed by atoms with Gasteiger partial charge >= 0.3 is 29.6 Å². The number of aliphatic hydroxyl groups is 1. The van der Waals surface area contributed by atoms with E-state index in [1.807, 2.05) is 6.92 Å². The van der Waals surface area contributed by atoms with Crippen molar-refractivity contribution < 1.29 is 47.6 Å². The van der Waals surface area contributed by atoms with E-state index in [9.17, 15) is 18.1 Å². The molecule has 1 N–H and O–H groups in total. The van der Waals surface area contributed by atoms with Crippen LogP contribution in [0.15, 0.2) is 0 Å². The van der Waals surface area contributed by atoms with Crippen LogP contribution in [0.2, 0.25) is 0 Å². The van der Waals surface area contributed by atoms with E-state index < -0.39 is 21.5 Å². The fraction of sp³-hybridized carbons (Fsp3) is 1.00. The molecular formula is C18H37NaO4S. The van der Waals surface area contributed by atoms with Gasteiger partial charge in [-0.25, -0.2) is 8.42 Å². The maximum Gasteiger partial charge on any atom is 1.00 e. The Morgan fingerprint density at radius 2 is 1.38 bits per heavy atom. The number of hydrogen-bond acceptors (Lipinski definition) is 4. The zero-order valence-corrected chi connectivity index (χ0v) is 19.1. The molecule has 0 aromatic heterocycles. The summed E-state index contributed by atoms with van der Waals surface area (Å²) in [7, 11) is -4.26. The van der Waals surface area contributed by atoms with Crippen LogP contribution in [0.25, 0.3) is 0 Å². The minimum absolute atomic E-state index is 0. The van der Waals surface area contributed by atoms with Crippen LogP contribution in [-0.2, 0) is 10.1 Å². The van der Waals surface area contributed by atoms with Gasteiger partial charge in [0.25, 0.3) is 0 Å². The summed E-state index contributed by atoms with van der Waals surface area (Å²) in [5.74, 6) is -0.0876. The van der Waals surface area contributed by atoms with Crippen LogP contribution in [0.3, 0.4) is 0 Å². The van der Waals surface area contributed by atoms with Crippen molar-refractivity contribution in [2.45, 2.75) is 109 Å². The first-order chi connectivity index (χ1) is 10.8. The molecule has 3 atom stereocenters. The van der Waals surface area contributed by atoms with Gasteiger partial charge in [0.15, 0.2) is 0 Å². The van der Waals surface area contributed by atoms with Crippen molar-refractivity contribution in [3.05, 3.63) is 0 Å². The summed E-state index contributed by atoms with van der Waals surface area (Å²) in [5, 5.41) is 9.05. The number of rotatable bonds is 15. The van der Waals surface area contributed by atoms with E-state index in [0.29, 0.717) is 19.3 Å². The second-order valence-electron chi connectivity index (χ2n) is 6.90. The predicted molar refractivity (Wildman–Crippen MR) is 95.4 cm³/mol. The van der Waals surface area contributed by atoms with E-state index >= 15 is 0 Å². The number of hydrogen-bond donors (Lipinski definition) is 1. The van der Waals surface area contributed by atoms with Crippen LogP contribution in [0.5, 0.6) is 0 Å². The first kappa shape index (κ1) is 27.1. The molecule has 0 bridgehead atoms. The van der Waals surface area contributed by atoms with E-state index in [4.69, 9.17) is 0 Å². The Morgan fingerprint density at radius 1 is 0.875 bits per heavy atom. The molecular weight excluding hydrogens is 335 g/mol. The molecule has 0 aromatic carbocycles. The van der Waals surface area contributed by atoms with Gasteiger partial charge in [-0.05, 0) is 32.1 Å². The van der Waals surface area contributed by atoms with Crippen molar-refractivity contribution >= 4 is 10.1 Å².